The minimum absolute atomic E-state index is 0.0500. The molecule has 0 aliphatic heterocycles. The first-order chi connectivity index (χ1) is 8.97. The number of carbonyl (C=O) groups is 1. The van der Waals surface area contributed by atoms with Gasteiger partial charge in [-0.2, -0.15) is 0 Å². The van der Waals surface area contributed by atoms with Gasteiger partial charge in [-0.3, -0.25) is 4.79 Å². The van der Waals surface area contributed by atoms with Gasteiger partial charge in [0.15, 0.2) is 0 Å². The van der Waals surface area contributed by atoms with Gasteiger partial charge < -0.3 is 5.32 Å². The molecule has 0 radical (unpaired) electrons. The molecule has 2 aromatic carbocycles. The predicted octanol–water partition coefficient (Wildman–Crippen LogP) is 4.29. The van der Waals surface area contributed by atoms with Crippen molar-refractivity contribution in [3.05, 3.63) is 63.6 Å². The van der Waals surface area contributed by atoms with Gasteiger partial charge in [-0.1, -0.05) is 6.07 Å². The zero-order valence-electron chi connectivity index (χ0n) is 10.0. The molecule has 19 heavy (non-hydrogen) atoms. The van der Waals surface area contributed by atoms with Crippen LogP contribution in [0.3, 0.4) is 0 Å². The lowest BCUT2D eigenvalue weighted by Crippen LogP contribution is -2.13. The van der Waals surface area contributed by atoms with Crippen LogP contribution in [0.15, 0.2) is 40.9 Å². The highest BCUT2D eigenvalue weighted by Gasteiger charge is 2.12. The summed E-state index contributed by atoms with van der Waals surface area (Å²) in [5.74, 6) is -1.59. The van der Waals surface area contributed by atoms with Crippen LogP contribution in [-0.2, 0) is 0 Å². The van der Waals surface area contributed by atoms with Crippen molar-refractivity contribution < 1.29 is 13.6 Å². The third-order valence-corrected chi connectivity index (χ3v) is 3.15. The number of hydrogen-bond donors (Lipinski definition) is 1. The van der Waals surface area contributed by atoms with Gasteiger partial charge in [-0.15, -0.1) is 0 Å². The van der Waals surface area contributed by atoms with Gasteiger partial charge in [0.2, 0.25) is 0 Å². The molecule has 5 heteroatoms. The van der Waals surface area contributed by atoms with Crippen molar-refractivity contribution in [3.8, 4) is 0 Å². The number of rotatable bonds is 2. The summed E-state index contributed by atoms with van der Waals surface area (Å²) in [5, 5.41) is 2.51. The Morgan fingerprint density at radius 3 is 2.47 bits per heavy atom. The Bertz CT molecular complexity index is 643. The molecule has 0 saturated heterocycles. The maximum atomic E-state index is 13.6. The Labute approximate surface area is 117 Å². The van der Waals surface area contributed by atoms with Crippen molar-refractivity contribution in [2.75, 3.05) is 5.32 Å². The summed E-state index contributed by atoms with van der Waals surface area (Å²) < 4.78 is 26.9. The lowest BCUT2D eigenvalue weighted by atomic mass is 10.1. The molecule has 0 fully saturated rings. The summed E-state index contributed by atoms with van der Waals surface area (Å²) in [7, 11) is 0. The van der Waals surface area contributed by atoms with E-state index in [1.54, 1.807) is 13.0 Å². The normalized spacial score (nSPS) is 10.3. The molecule has 1 N–H and O–H groups in total. The van der Waals surface area contributed by atoms with E-state index >= 15 is 0 Å². The minimum Gasteiger partial charge on any atom is -0.322 e. The van der Waals surface area contributed by atoms with E-state index in [2.05, 4.69) is 21.2 Å². The lowest BCUT2D eigenvalue weighted by Gasteiger charge is -2.07. The van der Waals surface area contributed by atoms with Gasteiger partial charge in [0.05, 0.1) is 10.0 Å². The molecular formula is C14H10BrF2NO. The van der Waals surface area contributed by atoms with E-state index in [-0.39, 0.29) is 10.0 Å². The van der Waals surface area contributed by atoms with E-state index in [1.807, 2.05) is 0 Å². The molecule has 0 unspecified atom stereocenters. The monoisotopic (exact) mass is 325 g/mol. The zero-order chi connectivity index (χ0) is 14.0. The molecule has 2 aromatic rings. The maximum absolute atomic E-state index is 13.6. The van der Waals surface area contributed by atoms with E-state index in [0.29, 0.717) is 5.69 Å². The fraction of sp³-hybridized carbons (Fsp3) is 0.0714. The summed E-state index contributed by atoms with van der Waals surface area (Å²) in [4.78, 5) is 11.9. The Morgan fingerprint density at radius 1 is 1.11 bits per heavy atom. The smallest absolute Gasteiger partial charge is 0.258 e. The number of nitrogens with one attached hydrogen (secondary N) is 1. The molecule has 0 aliphatic carbocycles. The first-order valence-electron chi connectivity index (χ1n) is 5.50. The Balaban J connectivity index is 2.23. The Morgan fingerprint density at radius 2 is 1.84 bits per heavy atom. The molecule has 1 amide bonds. The largest absolute Gasteiger partial charge is 0.322 e. The third kappa shape index (κ3) is 3.17. The molecule has 2 nitrogen and oxygen atoms in total. The highest BCUT2D eigenvalue weighted by molar-refractivity contribution is 9.10. The second kappa shape index (κ2) is 5.48. The van der Waals surface area contributed by atoms with Crippen LogP contribution in [0.2, 0.25) is 0 Å². The quantitative estimate of drug-likeness (QED) is 0.876. The molecule has 98 valence electrons. The molecule has 2 rings (SSSR count). The number of carbonyl (C=O) groups excluding carboxylic acids is 1. The van der Waals surface area contributed by atoms with Crippen LogP contribution >= 0.6 is 15.9 Å². The number of hydrogen-bond acceptors (Lipinski definition) is 1. The fourth-order valence-electron chi connectivity index (χ4n) is 1.58. The van der Waals surface area contributed by atoms with Crippen molar-refractivity contribution in [1.82, 2.24) is 0 Å². The second-order valence-electron chi connectivity index (χ2n) is 4.07. The van der Waals surface area contributed by atoms with Crippen LogP contribution in [-0.4, -0.2) is 5.91 Å². The van der Waals surface area contributed by atoms with E-state index < -0.39 is 17.5 Å². The van der Waals surface area contributed by atoms with Crippen LogP contribution in [0.1, 0.15) is 15.9 Å². The van der Waals surface area contributed by atoms with Crippen LogP contribution in [0.4, 0.5) is 14.5 Å². The summed E-state index contributed by atoms with van der Waals surface area (Å²) in [6, 6.07) is 8.39. The second-order valence-corrected chi connectivity index (χ2v) is 4.92. The van der Waals surface area contributed by atoms with Gasteiger partial charge in [-0.25, -0.2) is 8.78 Å². The van der Waals surface area contributed by atoms with Gasteiger partial charge in [-0.05, 0) is 58.7 Å². The summed E-state index contributed by atoms with van der Waals surface area (Å²) in [6.45, 7) is 1.74. The number of amides is 1. The number of aryl methyl sites for hydroxylation is 1. The first-order valence-corrected chi connectivity index (χ1v) is 6.29. The molecule has 0 spiro atoms. The molecular weight excluding hydrogens is 316 g/mol. The van der Waals surface area contributed by atoms with Crippen molar-refractivity contribution in [2.45, 2.75) is 6.92 Å². The minimum atomic E-state index is -0.585. The van der Waals surface area contributed by atoms with E-state index in [4.69, 9.17) is 0 Å². The zero-order valence-corrected chi connectivity index (χ0v) is 11.6. The van der Waals surface area contributed by atoms with E-state index in [1.165, 1.54) is 30.3 Å². The summed E-state index contributed by atoms with van der Waals surface area (Å²) in [5.41, 5.74) is 1.07. The molecule has 0 atom stereocenters. The van der Waals surface area contributed by atoms with Crippen molar-refractivity contribution in [1.29, 1.82) is 0 Å². The van der Waals surface area contributed by atoms with Crippen LogP contribution < -0.4 is 5.32 Å². The highest BCUT2D eigenvalue weighted by atomic mass is 79.9. The number of halogens is 3. The summed E-state index contributed by atoms with van der Waals surface area (Å²) in [6.07, 6.45) is 0. The average Bonchev–Trinajstić information content (AvgIpc) is 2.33. The number of benzene rings is 2. The predicted molar refractivity (Wildman–Crippen MR) is 73.2 cm³/mol. The topological polar surface area (TPSA) is 29.1 Å². The third-order valence-electron chi connectivity index (χ3n) is 2.55. The molecule has 0 saturated carbocycles. The molecule has 0 bridgehead atoms. The first kappa shape index (κ1) is 13.7. The van der Waals surface area contributed by atoms with Crippen LogP contribution in [0.5, 0.6) is 0 Å². The SMILES string of the molecule is Cc1ccc(C(=O)Nc2ccc(F)c(Br)c2)c(F)c1. The van der Waals surface area contributed by atoms with Gasteiger partial charge in [0.25, 0.3) is 5.91 Å². The average molecular weight is 326 g/mol. The maximum Gasteiger partial charge on any atom is 0.258 e. The lowest BCUT2D eigenvalue weighted by molar-refractivity contribution is 0.102. The van der Waals surface area contributed by atoms with Gasteiger partial charge in [0.1, 0.15) is 11.6 Å². The molecule has 0 aliphatic rings. The number of anilines is 1. The van der Waals surface area contributed by atoms with Crippen molar-refractivity contribution >= 4 is 27.5 Å². The molecule has 0 aromatic heterocycles. The molecule has 0 heterocycles. The van der Waals surface area contributed by atoms with Gasteiger partial charge in [0, 0.05) is 5.69 Å². The van der Waals surface area contributed by atoms with E-state index in [9.17, 15) is 13.6 Å². The van der Waals surface area contributed by atoms with Crippen molar-refractivity contribution in [3.63, 3.8) is 0 Å². The fourth-order valence-corrected chi connectivity index (χ4v) is 1.96. The standard InChI is InChI=1S/C14H10BrF2NO/c1-8-2-4-10(13(17)6-8)14(19)18-9-3-5-12(16)11(15)7-9/h2-7H,1H3,(H,18,19). The highest BCUT2D eigenvalue weighted by Crippen LogP contribution is 2.21. The van der Waals surface area contributed by atoms with Gasteiger partial charge >= 0.3 is 0 Å². The Hall–Kier alpha value is -1.75. The van der Waals surface area contributed by atoms with Crippen LogP contribution in [0.25, 0.3) is 0 Å². The summed E-state index contributed by atoms with van der Waals surface area (Å²) >= 11 is 3.02. The van der Waals surface area contributed by atoms with Crippen LogP contribution in [0, 0.1) is 18.6 Å². The van der Waals surface area contributed by atoms with Crippen molar-refractivity contribution in [2.24, 2.45) is 0 Å². The van der Waals surface area contributed by atoms with E-state index in [0.717, 1.165) is 5.56 Å². The Kier molecular flexibility index (Phi) is 3.95.